The first-order valence-corrected chi connectivity index (χ1v) is 8.63. The first-order chi connectivity index (χ1) is 11.9. The highest BCUT2D eigenvalue weighted by molar-refractivity contribution is 5.84. The maximum atomic E-state index is 12.1. The van der Waals surface area contributed by atoms with Crippen molar-refractivity contribution in [1.29, 1.82) is 0 Å². The van der Waals surface area contributed by atoms with Gasteiger partial charge in [0.15, 0.2) is 0 Å². The van der Waals surface area contributed by atoms with Crippen LogP contribution in [-0.2, 0) is 4.79 Å². The molecule has 1 aliphatic rings. The third-order valence-electron chi connectivity index (χ3n) is 4.20. The average molecular weight is 357 g/mol. The molecule has 0 spiro atoms. The number of rotatable bonds is 8. The number of halogens is 3. The van der Waals surface area contributed by atoms with Crippen LogP contribution in [0.2, 0.25) is 0 Å². The van der Waals surface area contributed by atoms with Gasteiger partial charge in [0, 0.05) is 25.2 Å². The molecule has 0 heterocycles. The molecule has 7 heteroatoms. The highest BCUT2D eigenvalue weighted by Gasteiger charge is 2.30. The monoisotopic (exact) mass is 357 g/mol. The summed E-state index contributed by atoms with van der Waals surface area (Å²) < 4.78 is 40.0. The number of anilines is 1. The summed E-state index contributed by atoms with van der Waals surface area (Å²) in [4.78, 5) is 11.8. The van der Waals surface area contributed by atoms with Crippen LogP contribution < -0.4 is 15.4 Å². The quantitative estimate of drug-likeness (QED) is 0.683. The van der Waals surface area contributed by atoms with E-state index in [-0.39, 0.29) is 11.7 Å². The van der Waals surface area contributed by atoms with Crippen molar-refractivity contribution in [1.82, 2.24) is 5.32 Å². The summed E-state index contributed by atoms with van der Waals surface area (Å²) in [6.45, 7) is 0.934. The van der Waals surface area contributed by atoms with Gasteiger partial charge in [-0.15, -0.1) is 13.2 Å². The van der Waals surface area contributed by atoms with E-state index >= 15 is 0 Å². The Morgan fingerprint density at radius 3 is 2.44 bits per heavy atom. The number of amides is 1. The molecule has 2 N–H and O–H groups in total. The van der Waals surface area contributed by atoms with Crippen molar-refractivity contribution in [2.75, 3.05) is 18.4 Å². The van der Waals surface area contributed by atoms with E-state index in [9.17, 15) is 18.0 Å². The van der Waals surface area contributed by atoms with E-state index < -0.39 is 6.36 Å². The number of nitrogens with one attached hydrogen (secondary N) is 2. The predicted octanol–water partition coefficient (Wildman–Crippen LogP) is 4.29. The predicted molar refractivity (Wildman–Crippen MR) is 90.1 cm³/mol. The van der Waals surface area contributed by atoms with Crippen LogP contribution in [0, 0.1) is 12.3 Å². The van der Waals surface area contributed by atoms with Gasteiger partial charge in [-0.1, -0.05) is 32.1 Å². The second kappa shape index (κ2) is 9.53. The molecule has 1 aromatic rings. The van der Waals surface area contributed by atoms with Gasteiger partial charge in [-0.2, -0.15) is 0 Å². The Balaban J connectivity index is 1.58. The zero-order valence-electron chi connectivity index (χ0n) is 14.1. The SMILES string of the molecule is O=C([CH]CC1CCCCC1)NCCNc1ccc(OC(F)(F)F)cc1. The zero-order valence-corrected chi connectivity index (χ0v) is 14.1. The molecule has 0 aromatic heterocycles. The molecule has 1 aromatic carbocycles. The van der Waals surface area contributed by atoms with E-state index in [1.807, 2.05) is 0 Å². The average Bonchev–Trinajstić information content (AvgIpc) is 2.58. The lowest BCUT2D eigenvalue weighted by molar-refractivity contribution is -0.274. The van der Waals surface area contributed by atoms with E-state index in [1.54, 1.807) is 6.42 Å². The summed E-state index contributed by atoms with van der Waals surface area (Å²) in [7, 11) is 0. The topological polar surface area (TPSA) is 50.4 Å². The normalized spacial score (nSPS) is 15.6. The van der Waals surface area contributed by atoms with Crippen LogP contribution in [0.4, 0.5) is 18.9 Å². The minimum absolute atomic E-state index is 0.0682. The molecule has 1 amide bonds. The number of carbonyl (C=O) groups is 1. The zero-order chi connectivity index (χ0) is 18.1. The lowest BCUT2D eigenvalue weighted by Gasteiger charge is -2.20. The van der Waals surface area contributed by atoms with Crippen molar-refractivity contribution in [3.8, 4) is 5.75 Å². The molecule has 1 aliphatic carbocycles. The lowest BCUT2D eigenvalue weighted by atomic mass is 9.86. The Morgan fingerprint density at radius 2 is 1.80 bits per heavy atom. The van der Waals surface area contributed by atoms with Crippen LogP contribution in [0.3, 0.4) is 0 Å². The van der Waals surface area contributed by atoms with Gasteiger partial charge in [0.25, 0.3) is 0 Å². The van der Waals surface area contributed by atoms with Crippen LogP contribution in [0.25, 0.3) is 0 Å². The van der Waals surface area contributed by atoms with E-state index in [2.05, 4.69) is 15.4 Å². The molecular formula is C18H24F3N2O2. The summed E-state index contributed by atoms with van der Waals surface area (Å²) in [5, 5.41) is 5.83. The van der Waals surface area contributed by atoms with Gasteiger partial charge < -0.3 is 15.4 Å². The van der Waals surface area contributed by atoms with Crippen molar-refractivity contribution >= 4 is 11.6 Å². The molecule has 0 unspecified atom stereocenters. The molecule has 1 radical (unpaired) electrons. The molecular weight excluding hydrogens is 333 g/mol. The van der Waals surface area contributed by atoms with Crippen LogP contribution >= 0.6 is 0 Å². The van der Waals surface area contributed by atoms with Gasteiger partial charge in [-0.3, -0.25) is 4.79 Å². The number of benzene rings is 1. The number of ether oxygens (including phenoxy) is 1. The van der Waals surface area contributed by atoms with Crippen molar-refractivity contribution in [3.05, 3.63) is 30.7 Å². The number of alkyl halides is 3. The van der Waals surface area contributed by atoms with Crippen LogP contribution in [0.5, 0.6) is 5.75 Å². The van der Waals surface area contributed by atoms with E-state index in [0.717, 1.165) is 6.42 Å². The summed E-state index contributed by atoms with van der Waals surface area (Å²) in [6, 6.07) is 5.48. The number of hydrogen-bond acceptors (Lipinski definition) is 3. The Hall–Kier alpha value is -1.92. The number of carbonyl (C=O) groups excluding carboxylic acids is 1. The fourth-order valence-corrected chi connectivity index (χ4v) is 2.94. The van der Waals surface area contributed by atoms with Crippen LogP contribution in [-0.4, -0.2) is 25.4 Å². The van der Waals surface area contributed by atoms with Crippen LogP contribution in [0.1, 0.15) is 38.5 Å². The first kappa shape index (κ1) is 19.4. The minimum atomic E-state index is -4.69. The molecule has 2 rings (SSSR count). The Bertz CT molecular complexity index is 526. The Morgan fingerprint density at radius 1 is 1.12 bits per heavy atom. The van der Waals surface area contributed by atoms with E-state index in [4.69, 9.17) is 0 Å². The molecule has 0 saturated heterocycles. The first-order valence-electron chi connectivity index (χ1n) is 8.63. The molecule has 1 fully saturated rings. The minimum Gasteiger partial charge on any atom is -0.406 e. The Kier molecular flexibility index (Phi) is 7.40. The van der Waals surface area contributed by atoms with Gasteiger partial charge in [-0.05, 0) is 36.6 Å². The second-order valence-corrected chi connectivity index (χ2v) is 6.23. The molecule has 139 valence electrons. The smallest absolute Gasteiger partial charge is 0.406 e. The standard InChI is InChI=1S/C18H24F3N2O2/c19-18(20,21)25-16-9-7-15(8-10-16)22-12-13-23-17(24)11-6-14-4-2-1-3-5-14/h7-11,14,22H,1-6,12-13H2,(H,23,24). The van der Waals surface area contributed by atoms with Gasteiger partial charge in [0.05, 0.1) is 0 Å². The molecule has 0 aliphatic heterocycles. The Labute approximate surface area is 146 Å². The molecule has 25 heavy (non-hydrogen) atoms. The third kappa shape index (κ3) is 8.14. The van der Waals surface area contributed by atoms with Gasteiger partial charge in [-0.25, -0.2) is 0 Å². The third-order valence-corrected chi connectivity index (χ3v) is 4.20. The van der Waals surface area contributed by atoms with Crippen molar-refractivity contribution < 1.29 is 22.7 Å². The molecule has 1 saturated carbocycles. The highest BCUT2D eigenvalue weighted by Crippen LogP contribution is 2.27. The second-order valence-electron chi connectivity index (χ2n) is 6.23. The summed E-state index contributed by atoms with van der Waals surface area (Å²) >= 11 is 0. The van der Waals surface area contributed by atoms with Gasteiger partial charge in [0.2, 0.25) is 5.91 Å². The fraction of sp³-hybridized carbons (Fsp3) is 0.556. The van der Waals surface area contributed by atoms with Gasteiger partial charge >= 0.3 is 6.36 Å². The molecule has 0 atom stereocenters. The van der Waals surface area contributed by atoms with E-state index in [1.165, 1.54) is 56.4 Å². The maximum Gasteiger partial charge on any atom is 0.573 e. The van der Waals surface area contributed by atoms with Gasteiger partial charge in [0.1, 0.15) is 5.75 Å². The maximum absolute atomic E-state index is 12.1. The van der Waals surface area contributed by atoms with Crippen molar-refractivity contribution in [2.45, 2.75) is 44.9 Å². The number of hydrogen-bond donors (Lipinski definition) is 2. The fourth-order valence-electron chi connectivity index (χ4n) is 2.94. The lowest BCUT2D eigenvalue weighted by Crippen LogP contribution is -2.29. The van der Waals surface area contributed by atoms with Crippen molar-refractivity contribution in [2.24, 2.45) is 5.92 Å². The summed E-state index contributed by atoms with van der Waals surface area (Å²) in [5.41, 5.74) is 0.662. The van der Waals surface area contributed by atoms with Crippen molar-refractivity contribution in [3.63, 3.8) is 0 Å². The van der Waals surface area contributed by atoms with E-state index in [0.29, 0.717) is 24.7 Å². The molecule has 4 nitrogen and oxygen atoms in total. The molecule has 0 bridgehead atoms. The summed E-state index contributed by atoms with van der Waals surface area (Å²) in [5.74, 6) is 0.306. The van der Waals surface area contributed by atoms with Crippen LogP contribution in [0.15, 0.2) is 24.3 Å². The summed E-state index contributed by atoms with van der Waals surface area (Å²) in [6.07, 6.45) is 4.11. The highest BCUT2D eigenvalue weighted by atomic mass is 19.4. The largest absolute Gasteiger partial charge is 0.573 e.